The van der Waals surface area contributed by atoms with Gasteiger partial charge in [0.2, 0.25) is 0 Å². The molecule has 6 nitrogen and oxygen atoms in total. The molecule has 4 rings (SSSR count). The van der Waals surface area contributed by atoms with Crippen LogP contribution in [-0.2, 0) is 19.1 Å². The van der Waals surface area contributed by atoms with Crippen molar-refractivity contribution in [2.45, 2.75) is 58.5 Å². The summed E-state index contributed by atoms with van der Waals surface area (Å²) in [6.07, 6.45) is 6.46. The van der Waals surface area contributed by atoms with Crippen LogP contribution >= 0.6 is 0 Å². The van der Waals surface area contributed by atoms with Gasteiger partial charge in [0, 0.05) is 48.3 Å². The maximum atomic E-state index is 13.2. The van der Waals surface area contributed by atoms with Gasteiger partial charge >= 0.3 is 5.97 Å². The van der Waals surface area contributed by atoms with E-state index in [4.69, 9.17) is 14.5 Å². The fourth-order valence-electron chi connectivity index (χ4n) is 4.71. The van der Waals surface area contributed by atoms with E-state index >= 15 is 0 Å². The number of ketones is 1. The van der Waals surface area contributed by atoms with E-state index in [2.05, 4.69) is 18.8 Å². The summed E-state index contributed by atoms with van der Waals surface area (Å²) in [7, 11) is 0. The molecule has 29 heavy (non-hydrogen) atoms. The predicted molar refractivity (Wildman–Crippen MR) is 109 cm³/mol. The zero-order valence-electron chi connectivity index (χ0n) is 17.3. The Morgan fingerprint density at radius 1 is 1.34 bits per heavy atom. The lowest BCUT2D eigenvalue weighted by Gasteiger charge is -2.38. The number of aromatic nitrogens is 1. The number of rotatable bonds is 4. The second-order valence-electron chi connectivity index (χ2n) is 9.06. The standard InChI is InChI=1S/C23H28N2O4/c1-14-19(22(27)29-13-16-7-5-9-28-16)20(15-6-4-8-24-12-15)21-17(25-14)10-23(2,3)11-18(21)26/h4,6,8,12,16,19-20H,5,7,9-11,13H2,1-3H3/t16-,19?,20+/m1/s1. The summed E-state index contributed by atoms with van der Waals surface area (Å²) in [6.45, 7) is 6.98. The Kier molecular flexibility index (Phi) is 5.38. The number of carbonyl (C=O) groups excluding carboxylic acids is 2. The van der Waals surface area contributed by atoms with Crippen LogP contribution in [0.25, 0.3) is 0 Å². The Hall–Kier alpha value is -2.34. The molecule has 6 heteroatoms. The highest BCUT2D eigenvalue weighted by molar-refractivity contribution is 6.09. The van der Waals surface area contributed by atoms with Gasteiger partial charge in [0.25, 0.3) is 0 Å². The normalized spacial score (nSPS) is 28.7. The molecule has 0 radical (unpaired) electrons. The van der Waals surface area contributed by atoms with Crippen LogP contribution in [0, 0.1) is 11.3 Å². The Morgan fingerprint density at radius 3 is 2.86 bits per heavy atom. The Morgan fingerprint density at radius 2 is 2.17 bits per heavy atom. The summed E-state index contributed by atoms with van der Waals surface area (Å²) in [5, 5.41) is 0. The van der Waals surface area contributed by atoms with Crippen LogP contribution in [0.4, 0.5) is 0 Å². The van der Waals surface area contributed by atoms with Crippen molar-refractivity contribution in [3.05, 3.63) is 41.4 Å². The number of pyridine rings is 1. The lowest BCUT2D eigenvalue weighted by atomic mass is 9.67. The summed E-state index contributed by atoms with van der Waals surface area (Å²) in [6, 6.07) is 3.76. The van der Waals surface area contributed by atoms with E-state index < -0.39 is 11.8 Å². The number of hydrogen-bond donors (Lipinski definition) is 0. The van der Waals surface area contributed by atoms with Crippen molar-refractivity contribution in [3.8, 4) is 0 Å². The molecular formula is C23H28N2O4. The fraction of sp³-hybridized carbons (Fsp3) is 0.565. The van der Waals surface area contributed by atoms with Gasteiger partial charge in [-0.25, -0.2) is 0 Å². The third-order valence-electron chi connectivity index (χ3n) is 6.04. The third-order valence-corrected chi connectivity index (χ3v) is 6.04. The lowest BCUT2D eigenvalue weighted by molar-refractivity contribution is -0.149. The smallest absolute Gasteiger partial charge is 0.315 e. The molecule has 0 spiro atoms. The van der Waals surface area contributed by atoms with E-state index in [-0.39, 0.29) is 29.9 Å². The first kappa shape index (κ1) is 20.0. The lowest BCUT2D eigenvalue weighted by Crippen LogP contribution is -2.40. The highest BCUT2D eigenvalue weighted by Gasteiger charge is 2.46. The molecule has 0 amide bonds. The minimum absolute atomic E-state index is 0.0384. The van der Waals surface area contributed by atoms with Crippen LogP contribution in [-0.4, -0.2) is 41.8 Å². The van der Waals surface area contributed by atoms with Gasteiger partial charge in [-0.1, -0.05) is 19.9 Å². The summed E-state index contributed by atoms with van der Waals surface area (Å²) in [4.78, 5) is 35.3. The van der Waals surface area contributed by atoms with Gasteiger partial charge in [-0.2, -0.15) is 0 Å². The molecule has 154 valence electrons. The number of Topliss-reactive ketones (excluding diaryl/α,β-unsaturated/α-hetero) is 1. The maximum Gasteiger partial charge on any atom is 0.315 e. The van der Waals surface area contributed by atoms with E-state index in [1.54, 1.807) is 12.4 Å². The van der Waals surface area contributed by atoms with Crippen molar-refractivity contribution < 1.29 is 19.1 Å². The first-order chi connectivity index (χ1) is 13.9. The third kappa shape index (κ3) is 4.04. The van der Waals surface area contributed by atoms with E-state index in [1.807, 2.05) is 19.1 Å². The maximum absolute atomic E-state index is 13.2. The van der Waals surface area contributed by atoms with Gasteiger partial charge in [0.15, 0.2) is 5.78 Å². The van der Waals surface area contributed by atoms with Crippen molar-refractivity contribution in [2.24, 2.45) is 16.3 Å². The number of carbonyl (C=O) groups is 2. The number of aliphatic imine (C=N–C) groups is 1. The first-order valence-corrected chi connectivity index (χ1v) is 10.4. The second-order valence-corrected chi connectivity index (χ2v) is 9.06. The fourth-order valence-corrected chi connectivity index (χ4v) is 4.71. The number of ether oxygens (including phenoxy) is 2. The van der Waals surface area contributed by atoms with Gasteiger partial charge in [0.1, 0.15) is 12.5 Å². The molecule has 0 aromatic carbocycles. The molecule has 0 saturated carbocycles. The number of esters is 1. The Balaban J connectivity index is 1.69. The van der Waals surface area contributed by atoms with Crippen molar-refractivity contribution in [3.63, 3.8) is 0 Å². The molecule has 1 unspecified atom stereocenters. The number of allylic oxidation sites excluding steroid dienone is 2. The zero-order chi connectivity index (χ0) is 20.6. The molecular weight excluding hydrogens is 368 g/mol. The van der Waals surface area contributed by atoms with E-state index in [0.29, 0.717) is 24.3 Å². The summed E-state index contributed by atoms with van der Waals surface area (Å²) < 4.78 is 11.2. The molecule has 3 aliphatic rings. The van der Waals surface area contributed by atoms with Crippen LogP contribution in [0.15, 0.2) is 40.8 Å². The topological polar surface area (TPSA) is 77.9 Å². The summed E-state index contributed by atoms with van der Waals surface area (Å²) in [5.41, 5.74) is 2.87. The number of hydrogen-bond acceptors (Lipinski definition) is 6. The van der Waals surface area contributed by atoms with Gasteiger partial charge in [-0.15, -0.1) is 0 Å². The molecule has 1 aromatic rings. The molecule has 1 aliphatic carbocycles. The SMILES string of the molecule is CC1=NC2=C(C(=O)CC(C)(C)C2)[C@@H](c2cccnc2)C1C(=O)OC[C@H]1CCCO1. The summed E-state index contributed by atoms with van der Waals surface area (Å²) >= 11 is 0. The molecule has 1 aromatic heterocycles. The van der Waals surface area contributed by atoms with Gasteiger partial charge < -0.3 is 9.47 Å². The van der Waals surface area contributed by atoms with Crippen molar-refractivity contribution in [2.75, 3.05) is 13.2 Å². The summed E-state index contributed by atoms with van der Waals surface area (Å²) in [5.74, 6) is -1.31. The van der Waals surface area contributed by atoms with Crippen LogP contribution in [0.1, 0.15) is 57.9 Å². The van der Waals surface area contributed by atoms with Gasteiger partial charge in [0.05, 0.1) is 6.10 Å². The van der Waals surface area contributed by atoms with E-state index in [9.17, 15) is 9.59 Å². The van der Waals surface area contributed by atoms with Gasteiger partial charge in [-0.05, 0) is 43.2 Å². The minimum Gasteiger partial charge on any atom is -0.462 e. The monoisotopic (exact) mass is 396 g/mol. The number of nitrogens with zero attached hydrogens (tertiary/aromatic N) is 2. The second kappa shape index (κ2) is 7.82. The Bertz CT molecular complexity index is 866. The van der Waals surface area contributed by atoms with Crippen molar-refractivity contribution in [1.29, 1.82) is 0 Å². The van der Waals surface area contributed by atoms with Crippen LogP contribution in [0.5, 0.6) is 0 Å². The molecule has 1 fully saturated rings. The first-order valence-electron chi connectivity index (χ1n) is 10.4. The quantitative estimate of drug-likeness (QED) is 0.727. The molecule has 3 atom stereocenters. The predicted octanol–water partition coefficient (Wildman–Crippen LogP) is 3.62. The minimum atomic E-state index is -0.621. The molecule has 3 heterocycles. The van der Waals surface area contributed by atoms with Crippen LogP contribution < -0.4 is 0 Å². The molecule has 0 bridgehead atoms. The average Bonchev–Trinajstić information content (AvgIpc) is 3.18. The van der Waals surface area contributed by atoms with Crippen LogP contribution in [0.2, 0.25) is 0 Å². The molecule has 1 saturated heterocycles. The highest BCUT2D eigenvalue weighted by atomic mass is 16.6. The van der Waals surface area contributed by atoms with Crippen molar-refractivity contribution >= 4 is 17.5 Å². The zero-order valence-corrected chi connectivity index (χ0v) is 17.3. The molecule has 0 N–H and O–H groups in total. The Labute approximate surface area is 171 Å². The van der Waals surface area contributed by atoms with Gasteiger partial charge in [-0.3, -0.25) is 19.6 Å². The molecule has 2 aliphatic heterocycles. The highest BCUT2D eigenvalue weighted by Crippen LogP contribution is 2.47. The van der Waals surface area contributed by atoms with E-state index in [0.717, 1.165) is 30.5 Å². The van der Waals surface area contributed by atoms with Crippen molar-refractivity contribution in [1.82, 2.24) is 4.98 Å². The van der Waals surface area contributed by atoms with E-state index in [1.165, 1.54) is 0 Å². The van der Waals surface area contributed by atoms with Crippen LogP contribution in [0.3, 0.4) is 0 Å². The largest absolute Gasteiger partial charge is 0.462 e. The average molecular weight is 396 g/mol.